The van der Waals surface area contributed by atoms with Crippen molar-refractivity contribution in [3.8, 4) is 0 Å². The smallest absolute Gasteiger partial charge is 0.223 e. The van der Waals surface area contributed by atoms with Crippen LogP contribution in [-0.4, -0.2) is 26.0 Å². The van der Waals surface area contributed by atoms with Gasteiger partial charge in [0, 0.05) is 19.0 Å². The Morgan fingerprint density at radius 1 is 1.17 bits per heavy atom. The SMILES string of the molecule is CNCCNC(=O)C(CC1CCCCC1)C(C)C. The standard InChI is InChI=1S/C15H30N2O/c1-12(2)14(15(18)17-10-9-16-3)11-13-7-5-4-6-8-13/h12-14,16H,4-11H2,1-3H3,(H,17,18). The van der Waals surface area contributed by atoms with Crippen LogP contribution < -0.4 is 10.6 Å². The normalized spacial score (nSPS) is 18.9. The van der Waals surface area contributed by atoms with Crippen LogP contribution >= 0.6 is 0 Å². The van der Waals surface area contributed by atoms with Gasteiger partial charge < -0.3 is 10.6 Å². The highest BCUT2D eigenvalue weighted by molar-refractivity contribution is 5.78. The second-order valence-corrected chi connectivity index (χ2v) is 5.98. The summed E-state index contributed by atoms with van der Waals surface area (Å²) in [5.74, 6) is 1.68. The highest BCUT2D eigenvalue weighted by Gasteiger charge is 2.26. The number of nitrogens with one attached hydrogen (secondary N) is 2. The molecule has 0 bridgehead atoms. The second kappa shape index (κ2) is 8.52. The molecule has 0 radical (unpaired) electrons. The molecule has 0 aliphatic heterocycles. The highest BCUT2D eigenvalue weighted by atomic mass is 16.1. The van der Waals surface area contributed by atoms with Crippen LogP contribution in [0.3, 0.4) is 0 Å². The minimum Gasteiger partial charge on any atom is -0.355 e. The largest absolute Gasteiger partial charge is 0.355 e. The lowest BCUT2D eigenvalue weighted by Crippen LogP contribution is -2.38. The summed E-state index contributed by atoms with van der Waals surface area (Å²) in [5, 5.41) is 6.11. The molecule has 0 heterocycles. The van der Waals surface area contributed by atoms with Crippen molar-refractivity contribution < 1.29 is 4.79 Å². The molecular weight excluding hydrogens is 224 g/mol. The molecule has 1 atom stereocenters. The van der Waals surface area contributed by atoms with E-state index < -0.39 is 0 Å². The molecule has 1 aliphatic rings. The molecule has 3 heteroatoms. The van der Waals surface area contributed by atoms with Crippen LogP contribution in [-0.2, 0) is 4.79 Å². The van der Waals surface area contributed by atoms with Gasteiger partial charge in [-0.1, -0.05) is 46.0 Å². The second-order valence-electron chi connectivity index (χ2n) is 5.98. The van der Waals surface area contributed by atoms with Crippen molar-refractivity contribution in [1.82, 2.24) is 10.6 Å². The molecule has 18 heavy (non-hydrogen) atoms. The van der Waals surface area contributed by atoms with E-state index in [2.05, 4.69) is 24.5 Å². The van der Waals surface area contributed by atoms with Crippen LogP contribution in [0.25, 0.3) is 0 Å². The van der Waals surface area contributed by atoms with E-state index in [1.807, 2.05) is 7.05 Å². The fourth-order valence-corrected chi connectivity index (χ4v) is 2.91. The maximum absolute atomic E-state index is 12.2. The quantitative estimate of drug-likeness (QED) is 0.686. The van der Waals surface area contributed by atoms with Crippen molar-refractivity contribution in [2.75, 3.05) is 20.1 Å². The summed E-state index contributed by atoms with van der Waals surface area (Å²) >= 11 is 0. The van der Waals surface area contributed by atoms with E-state index in [1.54, 1.807) is 0 Å². The third-order valence-corrected chi connectivity index (χ3v) is 4.13. The summed E-state index contributed by atoms with van der Waals surface area (Å²) in [5.41, 5.74) is 0. The molecule has 0 aromatic rings. The van der Waals surface area contributed by atoms with Gasteiger partial charge >= 0.3 is 0 Å². The van der Waals surface area contributed by atoms with E-state index >= 15 is 0 Å². The van der Waals surface area contributed by atoms with E-state index in [0.29, 0.717) is 5.92 Å². The zero-order valence-electron chi connectivity index (χ0n) is 12.3. The van der Waals surface area contributed by atoms with Crippen LogP contribution in [0.5, 0.6) is 0 Å². The van der Waals surface area contributed by atoms with Crippen molar-refractivity contribution in [3.05, 3.63) is 0 Å². The number of amides is 1. The fourth-order valence-electron chi connectivity index (χ4n) is 2.91. The number of likely N-dealkylation sites (N-methyl/N-ethyl adjacent to an activating group) is 1. The Labute approximate surface area is 112 Å². The molecule has 1 unspecified atom stereocenters. The molecule has 1 fully saturated rings. The van der Waals surface area contributed by atoms with Crippen LogP contribution in [0.4, 0.5) is 0 Å². The van der Waals surface area contributed by atoms with Crippen molar-refractivity contribution in [2.24, 2.45) is 17.8 Å². The molecule has 1 rings (SSSR count). The lowest BCUT2D eigenvalue weighted by atomic mass is 9.79. The molecule has 1 amide bonds. The lowest BCUT2D eigenvalue weighted by Gasteiger charge is -2.28. The highest BCUT2D eigenvalue weighted by Crippen LogP contribution is 2.31. The zero-order chi connectivity index (χ0) is 13.4. The first-order valence-electron chi connectivity index (χ1n) is 7.57. The maximum atomic E-state index is 12.2. The van der Waals surface area contributed by atoms with Gasteiger partial charge in [-0.05, 0) is 25.3 Å². The average Bonchev–Trinajstić information content (AvgIpc) is 2.37. The molecule has 2 N–H and O–H groups in total. The van der Waals surface area contributed by atoms with E-state index in [-0.39, 0.29) is 11.8 Å². The molecule has 0 aromatic heterocycles. The van der Waals surface area contributed by atoms with Gasteiger partial charge in [0.2, 0.25) is 5.91 Å². The predicted octanol–water partition coefficient (Wildman–Crippen LogP) is 2.56. The van der Waals surface area contributed by atoms with Crippen molar-refractivity contribution in [3.63, 3.8) is 0 Å². The number of carbonyl (C=O) groups is 1. The summed E-state index contributed by atoms with van der Waals surface area (Å²) in [6.07, 6.45) is 7.84. The monoisotopic (exact) mass is 254 g/mol. The van der Waals surface area contributed by atoms with Gasteiger partial charge in [0.15, 0.2) is 0 Å². The van der Waals surface area contributed by atoms with Gasteiger partial charge in [0.1, 0.15) is 0 Å². The van der Waals surface area contributed by atoms with Crippen molar-refractivity contribution in [1.29, 1.82) is 0 Å². The Hall–Kier alpha value is -0.570. The Morgan fingerprint density at radius 2 is 1.83 bits per heavy atom. The molecular formula is C15H30N2O. The molecule has 1 aliphatic carbocycles. The fraction of sp³-hybridized carbons (Fsp3) is 0.933. The Balaban J connectivity index is 2.39. The van der Waals surface area contributed by atoms with E-state index in [1.165, 1.54) is 32.1 Å². The van der Waals surface area contributed by atoms with Crippen LogP contribution in [0.15, 0.2) is 0 Å². The van der Waals surface area contributed by atoms with Crippen LogP contribution in [0.2, 0.25) is 0 Å². The summed E-state index contributed by atoms with van der Waals surface area (Å²) in [6.45, 7) is 5.93. The first-order chi connectivity index (χ1) is 8.65. The number of rotatable bonds is 7. The summed E-state index contributed by atoms with van der Waals surface area (Å²) in [7, 11) is 1.91. The van der Waals surface area contributed by atoms with E-state index in [4.69, 9.17) is 0 Å². The first-order valence-corrected chi connectivity index (χ1v) is 7.57. The number of hydrogen-bond donors (Lipinski definition) is 2. The average molecular weight is 254 g/mol. The van der Waals surface area contributed by atoms with E-state index in [0.717, 1.165) is 25.4 Å². The summed E-state index contributed by atoms with van der Waals surface area (Å²) < 4.78 is 0. The minimum atomic E-state index is 0.199. The topological polar surface area (TPSA) is 41.1 Å². The van der Waals surface area contributed by atoms with Gasteiger partial charge in [0.05, 0.1) is 0 Å². The summed E-state index contributed by atoms with van der Waals surface area (Å²) in [6, 6.07) is 0. The lowest BCUT2D eigenvalue weighted by molar-refractivity contribution is -0.127. The van der Waals surface area contributed by atoms with Crippen molar-refractivity contribution >= 4 is 5.91 Å². The van der Waals surface area contributed by atoms with Gasteiger partial charge in [-0.2, -0.15) is 0 Å². The number of hydrogen-bond acceptors (Lipinski definition) is 2. The third kappa shape index (κ3) is 5.38. The minimum absolute atomic E-state index is 0.199. The predicted molar refractivity (Wildman–Crippen MR) is 76.5 cm³/mol. The maximum Gasteiger partial charge on any atom is 0.223 e. The first kappa shape index (κ1) is 15.5. The Bertz CT molecular complexity index is 235. The zero-order valence-corrected chi connectivity index (χ0v) is 12.3. The van der Waals surface area contributed by atoms with Gasteiger partial charge in [-0.15, -0.1) is 0 Å². The Kier molecular flexibility index (Phi) is 7.33. The molecule has 0 aromatic carbocycles. The Morgan fingerprint density at radius 3 is 2.39 bits per heavy atom. The molecule has 0 saturated heterocycles. The summed E-state index contributed by atoms with van der Waals surface area (Å²) in [4.78, 5) is 12.2. The number of carbonyl (C=O) groups excluding carboxylic acids is 1. The van der Waals surface area contributed by atoms with Crippen LogP contribution in [0, 0.1) is 17.8 Å². The molecule has 3 nitrogen and oxygen atoms in total. The van der Waals surface area contributed by atoms with E-state index in [9.17, 15) is 4.79 Å². The van der Waals surface area contributed by atoms with Gasteiger partial charge in [0.25, 0.3) is 0 Å². The molecule has 0 spiro atoms. The third-order valence-electron chi connectivity index (χ3n) is 4.13. The van der Waals surface area contributed by atoms with Crippen molar-refractivity contribution in [2.45, 2.75) is 52.4 Å². The molecule has 1 saturated carbocycles. The van der Waals surface area contributed by atoms with Gasteiger partial charge in [-0.3, -0.25) is 4.79 Å². The van der Waals surface area contributed by atoms with Gasteiger partial charge in [-0.25, -0.2) is 0 Å². The molecule has 106 valence electrons. The van der Waals surface area contributed by atoms with Crippen LogP contribution in [0.1, 0.15) is 52.4 Å².